The van der Waals surface area contributed by atoms with E-state index in [4.69, 9.17) is 9.47 Å². The van der Waals surface area contributed by atoms with Crippen molar-refractivity contribution in [2.45, 2.75) is 51.0 Å². The Balaban J connectivity index is 1.41. The van der Waals surface area contributed by atoms with Gasteiger partial charge in [-0.2, -0.15) is 13.2 Å². The summed E-state index contributed by atoms with van der Waals surface area (Å²) in [7, 11) is 0. The van der Waals surface area contributed by atoms with Crippen molar-refractivity contribution in [3.05, 3.63) is 22.2 Å². The molecule has 1 spiro atoms. The number of aromatic nitrogens is 1. The van der Waals surface area contributed by atoms with Gasteiger partial charge in [-0.05, 0) is 50.9 Å². The van der Waals surface area contributed by atoms with Crippen LogP contribution in [0, 0.1) is 23.7 Å². The van der Waals surface area contributed by atoms with Gasteiger partial charge in [0.15, 0.2) is 5.69 Å². The second-order valence-electron chi connectivity index (χ2n) is 8.76. The van der Waals surface area contributed by atoms with Crippen LogP contribution in [0.2, 0.25) is 0 Å². The molecule has 2 heterocycles. The lowest BCUT2D eigenvalue weighted by atomic mass is 9.53. The predicted molar refractivity (Wildman–Crippen MR) is 104 cm³/mol. The minimum Gasteiger partial charge on any atom is -0.479 e. The molecule has 1 aromatic heterocycles. The molecule has 0 radical (unpaired) electrons. The van der Waals surface area contributed by atoms with Crippen molar-refractivity contribution >= 4 is 28.4 Å². The van der Waals surface area contributed by atoms with E-state index in [0.29, 0.717) is 23.2 Å². The average molecular weight is 487 g/mol. The van der Waals surface area contributed by atoms with Crippen molar-refractivity contribution in [2.24, 2.45) is 33.9 Å². The van der Waals surface area contributed by atoms with E-state index in [1.54, 1.807) is 0 Å². The number of hydrogen-bond acceptors (Lipinski definition) is 10. The quantitative estimate of drug-likeness (QED) is 0.475. The van der Waals surface area contributed by atoms with Gasteiger partial charge in [0.05, 0.1) is 6.61 Å². The molecule has 0 amide bonds. The zero-order valence-corrected chi connectivity index (χ0v) is 18.2. The minimum atomic E-state index is -4.92. The highest BCUT2D eigenvalue weighted by molar-refractivity contribution is 7.17. The van der Waals surface area contributed by atoms with Gasteiger partial charge in [0.2, 0.25) is 5.13 Å². The molecule has 4 aliphatic carbocycles. The molecule has 4 saturated carbocycles. The Labute approximate surface area is 189 Å². The van der Waals surface area contributed by atoms with Gasteiger partial charge >= 0.3 is 24.1 Å². The molecule has 0 unspecified atom stereocenters. The summed E-state index contributed by atoms with van der Waals surface area (Å²) in [6.45, 7) is 1.33. The molecule has 0 saturated heterocycles. The maximum absolute atomic E-state index is 13.2. The third-order valence-electron chi connectivity index (χ3n) is 6.76. The molecule has 5 aliphatic rings. The van der Waals surface area contributed by atoms with E-state index >= 15 is 0 Å². The number of carbonyl (C=O) groups is 2. The largest absolute Gasteiger partial charge is 0.479 e. The fraction of sp³-hybridized carbons (Fsp3) is 0.650. The summed E-state index contributed by atoms with van der Waals surface area (Å²) in [6.07, 6.45) is -0.367. The fourth-order valence-electron chi connectivity index (χ4n) is 5.73. The molecule has 33 heavy (non-hydrogen) atoms. The number of aliphatic hydroxyl groups excluding tert-OH is 1. The van der Waals surface area contributed by atoms with Gasteiger partial charge in [0, 0.05) is 11.8 Å². The van der Waals surface area contributed by atoms with Crippen LogP contribution in [-0.2, 0) is 25.2 Å². The SMILES string of the molecule is CCOC(=O)c1sc(N=NC2=C(O)OC3(OC2=O)C2CC4CC(C2)CC3C4)nc1C(F)(F)F. The van der Waals surface area contributed by atoms with Gasteiger partial charge < -0.3 is 19.3 Å². The normalized spacial score (nSPS) is 33.0. The monoisotopic (exact) mass is 487 g/mol. The number of hydrogen-bond donors (Lipinski definition) is 1. The lowest BCUT2D eigenvalue weighted by Crippen LogP contribution is -2.62. The van der Waals surface area contributed by atoms with Crippen LogP contribution >= 0.6 is 11.3 Å². The lowest BCUT2D eigenvalue weighted by molar-refractivity contribution is -0.325. The Kier molecular flexibility index (Phi) is 5.14. The van der Waals surface area contributed by atoms with E-state index in [1.807, 2.05) is 0 Å². The summed E-state index contributed by atoms with van der Waals surface area (Å²) >= 11 is 0.302. The number of nitrogens with zero attached hydrogens (tertiary/aromatic N) is 3. The summed E-state index contributed by atoms with van der Waals surface area (Å²) in [5.41, 5.74) is -2.14. The predicted octanol–water partition coefficient (Wildman–Crippen LogP) is 4.88. The highest BCUT2D eigenvalue weighted by Gasteiger charge is 2.64. The van der Waals surface area contributed by atoms with Gasteiger partial charge in [-0.1, -0.05) is 11.3 Å². The fourth-order valence-corrected chi connectivity index (χ4v) is 6.53. The molecule has 9 nitrogen and oxygen atoms in total. The zero-order valence-electron chi connectivity index (χ0n) is 17.4. The first-order valence-corrected chi connectivity index (χ1v) is 11.4. The third-order valence-corrected chi connectivity index (χ3v) is 7.68. The van der Waals surface area contributed by atoms with Crippen molar-refractivity contribution in [3.63, 3.8) is 0 Å². The number of carbonyl (C=O) groups excluding carboxylic acids is 2. The van der Waals surface area contributed by atoms with Crippen LogP contribution in [0.1, 0.15) is 54.4 Å². The van der Waals surface area contributed by atoms with Crippen molar-refractivity contribution in [3.8, 4) is 0 Å². The Morgan fingerprint density at radius 2 is 1.82 bits per heavy atom. The van der Waals surface area contributed by atoms with Gasteiger partial charge in [-0.15, -0.1) is 10.2 Å². The summed E-state index contributed by atoms with van der Waals surface area (Å²) in [5, 5.41) is 17.0. The molecule has 0 aromatic carbocycles. The average Bonchev–Trinajstić information content (AvgIpc) is 3.16. The number of thiazole rings is 1. The van der Waals surface area contributed by atoms with E-state index in [0.717, 1.165) is 25.7 Å². The summed E-state index contributed by atoms with van der Waals surface area (Å²) < 4.78 is 55.8. The number of azo groups is 1. The minimum absolute atomic E-state index is 0.0289. The van der Waals surface area contributed by atoms with Crippen LogP contribution in [0.5, 0.6) is 0 Å². The number of esters is 2. The summed E-state index contributed by atoms with van der Waals surface area (Å²) in [5.74, 6) is -3.11. The Morgan fingerprint density at radius 3 is 2.36 bits per heavy atom. The number of halogens is 3. The molecule has 1 N–H and O–H groups in total. The zero-order chi connectivity index (χ0) is 23.5. The Morgan fingerprint density at radius 1 is 1.18 bits per heavy atom. The van der Waals surface area contributed by atoms with E-state index in [-0.39, 0.29) is 18.4 Å². The molecule has 13 heteroatoms. The van der Waals surface area contributed by atoms with Gasteiger partial charge in [0.1, 0.15) is 4.88 Å². The smallest absolute Gasteiger partial charge is 0.435 e. The molecule has 4 fully saturated rings. The first-order chi connectivity index (χ1) is 15.6. The first-order valence-electron chi connectivity index (χ1n) is 10.6. The number of alkyl halides is 3. The van der Waals surface area contributed by atoms with Gasteiger partial charge in [0.25, 0.3) is 11.5 Å². The topological polar surface area (TPSA) is 120 Å². The number of ether oxygens (including phenoxy) is 3. The van der Waals surface area contributed by atoms with Crippen molar-refractivity contribution in [2.75, 3.05) is 6.61 Å². The van der Waals surface area contributed by atoms with Crippen LogP contribution in [0.25, 0.3) is 0 Å². The number of rotatable bonds is 4. The van der Waals surface area contributed by atoms with E-state index in [9.17, 15) is 27.9 Å². The second-order valence-corrected chi connectivity index (χ2v) is 9.74. The Bertz CT molecular complexity index is 1040. The molecule has 0 atom stereocenters. The standard InChI is InChI=1S/C20H20F3N3O6S/c1-2-30-17(29)13-14(20(21,22)23)24-18(33-13)26-25-12-15(27)31-19(32-16(12)28)10-4-8-3-9(6-10)7-11(19)5-8/h8-11,27H,2-7H2,1H3. The molecule has 4 bridgehead atoms. The van der Waals surface area contributed by atoms with E-state index in [1.165, 1.54) is 13.3 Å². The van der Waals surface area contributed by atoms with Crippen molar-refractivity contribution in [1.29, 1.82) is 0 Å². The molecule has 178 valence electrons. The van der Waals surface area contributed by atoms with Crippen LogP contribution in [0.3, 0.4) is 0 Å². The van der Waals surface area contributed by atoms with Gasteiger partial charge in [-0.3, -0.25) is 0 Å². The van der Waals surface area contributed by atoms with E-state index in [2.05, 4.69) is 19.9 Å². The van der Waals surface area contributed by atoms with Crippen LogP contribution in [-0.4, -0.2) is 34.4 Å². The van der Waals surface area contributed by atoms with Crippen LogP contribution < -0.4 is 0 Å². The lowest BCUT2D eigenvalue weighted by Gasteiger charge is -2.59. The second kappa shape index (κ2) is 7.67. The maximum atomic E-state index is 13.2. The first kappa shape index (κ1) is 22.1. The summed E-state index contributed by atoms with van der Waals surface area (Å²) in [4.78, 5) is 27.1. The molecular weight excluding hydrogens is 467 g/mol. The van der Waals surface area contributed by atoms with Crippen molar-refractivity contribution in [1.82, 2.24) is 4.98 Å². The third kappa shape index (κ3) is 3.65. The van der Waals surface area contributed by atoms with Crippen LogP contribution in [0.15, 0.2) is 21.9 Å². The highest BCUT2D eigenvalue weighted by Crippen LogP contribution is 2.61. The number of aliphatic hydroxyl groups is 1. The highest BCUT2D eigenvalue weighted by atomic mass is 32.1. The molecular formula is C20H20F3N3O6S. The van der Waals surface area contributed by atoms with Crippen molar-refractivity contribution < 1.29 is 42.1 Å². The summed E-state index contributed by atoms with van der Waals surface area (Å²) in [6, 6.07) is 0. The molecule has 1 aromatic rings. The molecule has 6 rings (SSSR count). The van der Waals surface area contributed by atoms with E-state index < -0.39 is 51.2 Å². The maximum Gasteiger partial charge on any atom is 0.435 e. The Hall–Kier alpha value is -2.70. The van der Waals surface area contributed by atoms with Gasteiger partial charge in [-0.25, -0.2) is 14.6 Å². The molecule has 1 aliphatic heterocycles. The van der Waals surface area contributed by atoms with Crippen LogP contribution in [0.4, 0.5) is 18.3 Å².